The fourth-order valence-corrected chi connectivity index (χ4v) is 10.4. The molecular weight excluding hydrogens is 762 g/mol. The first-order valence-electron chi connectivity index (χ1n) is 20.7. The van der Waals surface area contributed by atoms with Crippen LogP contribution < -0.4 is 25.3 Å². The molecule has 1 spiro atoms. The summed E-state index contributed by atoms with van der Waals surface area (Å²) in [5.74, 6) is 1.21. The van der Waals surface area contributed by atoms with Gasteiger partial charge < -0.3 is 40.0 Å². The van der Waals surface area contributed by atoms with Crippen molar-refractivity contribution < 1.29 is 59.1 Å². The molecule has 314 valence electrons. The van der Waals surface area contributed by atoms with Crippen molar-refractivity contribution in [1.82, 2.24) is 5.32 Å². The largest absolute Gasteiger partial charge is 0.478 e. The number of carbonyl (C=O) groups is 1. The van der Waals surface area contributed by atoms with Gasteiger partial charge in [0.2, 0.25) is 17.2 Å². The van der Waals surface area contributed by atoms with E-state index in [1.54, 1.807) is 31.5 Å². The highest BCUT2D eigenvalue weighted by Gasteiger charge is 2.54. The van der Waals surface area contributed by atoms with E-state index < -0.39 is 54.2 Å². The molecule has 1 aliphatic carbocycles. The summed E-state index contributed by atoms with van der Waals surface area (Å²) in [6, 6.07) is 3.23. The Bertz CT molecular complexity index is 2290. The summed E-state index contributed by atoms with van der Waals surface area (Å²) in [6.45, 7) is 3.52. The standard InChI is InChI=1S/C43H51N5O11/c1-24-15-32(50)28-16-26-17-35(59-56-22-34(52)43(55,39(53)33(51)21-49)23-47-14-8-29-31(47)7-13-44-29)41(2,11-5-27-18-46-40(54)42(27)9-3-4-10-42)58-37(26)36(38(28)57-24)48-19-25-6-12-45-30(25)20-48/h6-8,12-13,15-16,20,27,33-35,39,49,51-53,55H,3-5,9-11,14,17-19,21-23H2,1-2H3,(H,46,54)/p+2. The van der Waals surface area contributed by atoms with Crippen LogP contribution in [0.5, 0.6) is 5.75 Å². The van der Waals surface area contributed by atoms with Crippen molar-refractivity contribution in [3.05, 3.63) is 80.8 Å². The maximum atomic E-state index is 13.5. The predicted octanol–water partition coefficient (Wildman–Crippen LogP) is -0.863. The highest BCUT2D eigenvalue weighted by molar-refractivity contribution is 5.90. The van der Waals surface area contributed by atoms with Gasteiger partial charge in [-0.2, -0.15) is 0 Å². The zero-order valence-electron chi connectivity index (χ0n) is 33.3. The van der Waals surface area contributed by atoms with Crippen molar-refractivity contribution >= 4 is 35.0 Å². The number of quaternary nitrogens is 2. The first kappa shape index (κ1) is 40.1. The number of hydrogen-bond acceptors (Lipinski definition) is 13. The molecule has 8 N–H and O–H groups in total. The lowest BCUT2D eigenvalue weighted by Crippen LogP contribution is -3.11. The molecule has 1 aromatic heterocycles. The molecule has 6 aliphatic heterocycles. The summed E-state index contributed by atoms with van der Waals surface area (Å²) < 4.78 is 13.5. The van der Waals surface area contributed by atoms with Gasteiger partial charge >= 0.3 is 0 Å². The zero-order chi connectivity index (χ0) is 41.3. The van der Waals surface area contributed by atoms with Gasteiger partial charge in [0.15, 0.2) is 22.5 Å². The lowest BCUT2D eigenvalue weighted by atomic mass is 9.72. The molecule has 2 aromatic rings. The lowest BCUT2D eigenvalue weighted by Gasteiger charge is -2.43. The van der Waals surface area contributed by atoms with Crippen molar-refractivity contribution in [1.29, 1.82) is 0 Å². The molecule has 16 nitrogen and oxygen atoms in total. The number of aliphatic hydroxyl groups is 5. The third-order valence-corrected chi connectivity index (χ3v) is 13.9. The predicted molar refractivity (Wildman–Crippen MR) is 213 cm³/mol. The Labute approximate surface area is 340 Å². The molecule has 9 rings (SSSR count). The molecule has 7 aliphatic rings. The smallest absolute Gasteiger partial charge is 0.226 e. The van der Waals surface area contributed by atoms with Crippen molar-refractivity contribution in [2.24, 2.45) is 21.3 Å². The number of nitrogens with zero attached hydrogens (tertiary/aromatic N) is 2. The van der Waals surface area contributed by atoms with E-state index in [0.717, 1.165) is 53.2 Å². The summed E-state index contributed by atoms with van der Waals surface area (Å²) in [7, 11) is 0. The Morgan fingerprint density at radius 3 is 2.66 bits per heavy atom. The minimum atomic E-state index is -2.35. The molecule has 7 heterocycles. The summed E-state index contributed by atoms with van der Waals surface area (Å²) in [5, 5.41) is 58.3. The molecule has 9 unspecified atom stereocenters. The third-order valence-electron chi connectivity index (χ3n) is 13.9. The van der Waals surface area contributed by atoms with Crippen LogP contribution in [-0.2, 0) is 21.0 Å². The molecule has 1 saturated heterocycles. The molecule has 9 atom stereocenters. The number of hydrogen-bond donors (Lipinski definition) is 8. The number of ether oxygens (including phenoxy) is 1. The lowest BCUT2D eigenvalue weighted by molar-refractivity contribution is -0.856. The van der Waals surface area contributed by atoms with Gasteiger partial charge in [0.05, 0.1) is 17.4 Å². The fraction of sp³-hybridized carbons (Fsp3) is 0.535. The molecule has 59 heavy (non-hydrogen) atoms. The summed E-state index contributed by atoms with van der Waals surface area (Å²) in [5.41, 5.74) is 1.13. The molecule has 1 amide bonds. The quantitative estimate of drug-likeness (QED) is 0.0866. The van der Waals surface area contributed by atoms with E-state index in [0.29, 0.717) is 71.1 Å². The summed E-state index contributed by atoms with van der Waals surface area (Å²) in [6.07, 6.45) is 9.73. The Kier molecular flexibility index (Phi) is 10.4. The van der Waals surface area contributed by atoms with E-state index in [9.17, 15) is 35.1 Å². The summed E-state index contributed by atoms with van der Waals surface area (Å²) >= 11 is 0. The van der Waals surface area contributed by atoms with Crippen LogP contribution in [0.4, 0.5) is 5.69 Å². The number of aryl methyl sites for hydroxylation is 1. The van der Waals surface area contributed by atoms with Crippen LogP contribution in [0.3, 0.4) is 0 Å². The molecule has 1 saturated carbocycles. The SMILES string of the molecule is Cc1cc(=O)c2cc3c(c([NH+]4C=C5N=CC=C5C4)c2o1)OC(C)(CCC1CNC(=O)C12CCCC2)C(OOCC(O)C(O)(C[NH+]1CC=C2N=CC=C21)C(O)C(O)CO)C3. The molecule has 0 bridgehead atoms. The number of benzene rings is 1. The second-order valence-corrected chi connectivity index (χ2v) is 17.5. The van der Waals surface area contributed by atoms with E-state index in [2.05, 4.69) is 15.3 Å². The van der Waals surface area contributed by atoms with Crippen LogP contribution in [0.1, 0.15) is 56.8 Å². The third kappa shape index (κ3) is 6.84. The second-order valence-electron chi connectivity index (χ2n) is 17.5. The van der Waals surface area contributed by atoms with Crippen molar-refractivity contribution in [2.45, 2.75) is 94.4 Å². The number of aliphatic imine (C=N–C) groups is 2. The van der Waals surface area contributed by atoms with Crippen molar-refractivity contribution in [3.8, 4) is 5.75 Å². The van der Waals surface area contributed by atoms with Crippen LogP contribution >= 0.6 is 0 Å². The minimum Gasteiger partial charge on any atom is -0.478 e. The van der Waals surface area contributed by atoms with Crippen LogP contribution in [0.15, 0.2) is 78.4 Å². The average Bonchev–Trinajstić information content (AvgIpc) is 4.07. The van der Waals surface area contributed by atoms with Gasteiger partial charge in [0.1, 0.15) is 79.6 Å². The number of carbonyl (C=O) groups excluding carboxylic acids is 1. The van der Waals surface area contributed by atoms with Gasteiger partial charge in [-0.05, 0) is 57.6 Å². The first-order chi connectivity index (χ1) is 28.3. The van der Waals surface area contributed by atoms with Crippen molar-refractivity contribution in [3.63, 3.8) is 0 Å². The Balaban J connectivity index is 1.03. The van der Waals surface area contributed by atoms with E-state index in [-0.39, 0.29) is 30.2 Å². The number of aliphatic hydroxyl groups excluding tert-OH is 4. The van der Waals surface area contributed by atoms with E-state index in [1.165, 1.54) is 6.07 Å². The van der Waals surface area contributed by atoms with Gasteiger partial charge in [-0.1, -0.05) is 12.8 Å². The summed E-state index contributed by atoms with van der Waals surface area (Å²) in [4.78, 5) is 49.2. The highest BCUT2D eigenvalue weighted by atomic mass is 17.2. The van der Waals surface area contributed by atoms with E-state index >= 15 is 0 Å². The highest BCUT2D eigenvalue weighted by Crippen LogP contribution is 2.51. The molecule has 2 fully saturated rings. The zero-order valence-corrected chi connectivity index (χ0v) is 33.3. The van der Waals surface area contributed by atoms with Gasteiger partial charge in [-0.3, -0.25) is 29.4 Å². The van der Waals surface area contributed by atoms with Crippen molar-refractivity contribution in [2.75, 3.05) is 39.4 Å². The Morgan fingerprint density at radius 1 is 1.10 bits per heavy atom. The van der Waals surface area contributed by atoms with Crippen LogP contribution in [0, 0.1) is 18.3 Å². The Hall–Kier alpha value is -4.36. The van der Waals surface area contributed by atoms with Crippen LogP contribution in [-0.4, -0.2) is 119 Å². The topological polar surface area (TPSA) is 222 Å². The molecule has 16 heteroatoms. The number of allylic oxidation sites excluding steroid dienone is 2. The van der Waals surface area contributed by atoms with Gasteiger partial charge in [0, 0.05) is 54.7 Å². The van der Waals surface area contributed by atoms with Crippen LogP contribution in [0.25, 0.3) is 11.0 Å². The monoisotopic (exact) mass is 815 g/mol. The van der Waals surface area contributed by atoms with Gasteiger partial charge in [-0.25, -0.2) is 9.78 Å². The van der Waals surface area contributed by atoms with Gasteiger partial charge in [0.25, 0.3) is 0 Å². The van der Waals surface area contributed by atoms with E-state index in [4.69, 9.17) is 18.9 Å². The second kappa shape index (κ2) is 15.3. The Morgan fingerprint density at radius 2 is 1.88 bits per heavy atom. The maximum absolute atomic E-state index is 13.5. The first-order valence-corrected chi connectivity index (χ1v) is 20.7. The number of fused-ring (bicyclic) bond motifs is 4. The maximum Gasteiger partial charge on any atom is 0.226 e. The molecule has 1 aromatic carbocycles. The van der Waals surface area contributed by atoms with Gasteiger partial charge in [-0.15, -0.1) is 0 Å². The number of amides is 1. The fourth-order valence-electron chi connectivity index (χ4n) is 10.4. The molecule has 0 radical (unpaired) electrons. The average molecular weight is 816 g/mol. The molecular formula is C43H53N5O11+2. The number of rotatable bonds is 14. The van der Waals surface area contributed by atoms with E-state index in [1.807, 2.05) is 25.3 Å². The minimum absolute atomic E-state index is 0.0792. The number of nitrogens with one attached hydrogen (secondary N) is 3. The van der Waals surface area contributed by atoms with Crippen LogP contribution in [0.2, 0.25) is 0 Å². The normalized spacial score (nSPS) is 30.0.